The fourth-order valence-electron chi connectivity index (χ4n) is 1.98. The Labute approximate surface area is 118 Å². The Morgan fingerprint density at radius 2 is 1.89 bits per heavy atom. The van der Waals surface area contributed by atoms with Crippen LogP contribution >= 0.6 is 23.2 Å². The van der Waals surface area contributed by atoms with Crippen LogP contribution in [0.25, 0.3) is 16.7 Å². The quantitative estimate of drug-likeness (QED) is 0.736. The third kappa shape index (κ3) is 2.03. The predicted octanol–water partition coefficient (Wildman–Crippen LogP) is 4.05. The average Bonchev–Trinajstić information content (AvgIpc) is 2.68. The number of rotatable bonds is 1. The number of hydrogen-bond acceptors (Lipinski definition) is 2. The third-order valence-electron chi connectivity index (χ3n) is 2.79. The van der Waals surface area contributed by atoms with Crippen LogP contribution in [0.3, 0.4) is 0 Å². The number of nitrogens with zero attached hydrogens (tertiary/aromatic N) is 2. The largest absolute Gasteiger partial charge is 0.369 e. The third-order valence-corrected chi connectivity index (χ3v) is 3.35. The van der Waals surface area contributed by atoms with Crippen molar-refractivity contribution in [2.45, 2.75) is 0 Å². The van der Waals surface area contributed by atoms with Crippen molar-refractivity contribution in [3.05, 3.63) is 52.3 Å². The molecule has 19 heavy (non-hydrogen) atoms. The van der Waals surface area contributed by atoms with Crippen LogP contribution in [0.5, 0.6) is 0 Å². The van der Waals surface area contributed by atoms with Gasteiger partial charge in [-0.15, -0.1) is 0 Å². The standard InChI is InChI=1S/C13H8Cl2FN3/c14-7-1-4-10-12(5-7)19(13(17)18-10)11-6-8(16)2-3-9(11)15/h1-6H,(H2,17,18). The summed E-state index contributed by atoms with van der Waals surface area (Å²) in [6.07, 6.45) is 0. The molecule has 0 aliphatic heterocycles. The van der Waals surface area contributed by atoms with Gasteiger partial charge in [0.1, 0.15) is 5.82 Å². The molecule has 2 N–H and O–H groups in total. The Kier molecular flexibility index (Phi) is 2.84. The molecule has 2 aromatic carbocycles. The highest BCUT2D eigenvalue weighted by Crippen LogP contribution is 2.29. The summed E-state index contributed by atoms with van der Waals surface area (Å²) in [6.45, 7) is 0. The first-order chi connectivity index (χ1) is 9.06. The lowest BCUT2D eigenvalue weighted by atomic mass is 10.2. The van der Waals surface area contributed by atoms with Crippen molar-refractivity contribution in [1.82, 2.24) is 9.55 Å². The van der Waals surface area contributed by atoms with Crippen molar-refractivity contribution < 1.29 is 4.39 Å². The summed E-state index contributed by atoms with van der Waals surface area (Å²) in [7, 11) is 0. The molecule has 0 saturated carbocycles. The first-order valence-electron chi connectivity index (χ1n) is 5.45. The lowest BCUT2D eigenvalue weighted by Crippen LogP contribution is -2.01. The lowest BCUT2D eigenvalue weighted by Gasteiger charge is -2.08. The molecular weight excluding hydrogens is 288 g/mol. The molecule has 0 spiro atoms. The Balaban J connectivity index is 2.38. The number of nitrogens with two attached hydrogens (primary N) is 1. The van der Waals surface area contributed by atoms with Crippen LogP contribution in [-0.4, -0.2) is 9.55 Å². The van der Waals surface area contributed by atoms with Gasteiger partial charge < -0.3 is 5.73 Å². The summed E-state index contributed by atoms with van der Waals surface area (Å²) in [6, 6.07) is 9.24. The maximum absolute atomic E-state index is 13.4. The molecule has 1 heterocycles. The van der Waals surface area contributed by atoms with E-state index in [0.29, 0.717) is 26.8 Å². The molecule has 0 aliphatic rings. The number of anilines is 1. The first kappa shape index (κ1) is 12.3. The van der Waals surface area contributed by atoms with Crippen LogP contribution in [0.1, 0.15) is 0 Å². The zero-order chi connectivity index (χ0) is 13.6. The normalized spacial score (nSPS) is 11.1. The number of fused-ring (bicyclic) bond motifs is 1. The van der Waals surface area contributed by atoms with Crippen LogP contribution in [0, 0.1) is 5.82 Å². The van der Waals surface area contributed by atoms with Gasteiger partial charge in [0.25, 0.3) is 0 Å². The lowest BCUT2D eigenvalue weighted by molar-refractivity contribution is 0.627. The van der Waals surface area contributed by atoms with Crippen LogP contribution in [0.15, 0.2) is 36.4 Å². The summed E-state index contributed by atoms with van der Waals surface area (Å²) in [5, 5.41) is 0.925. The van der Waals surface area contributed by atoms with Crippen LogP contribution in [0.4, 0.5) is 10.3 Å². The van der Waals surface area contributed by atoms with E-state index in [1.165, 1.54) is 18.2 Å². The summed E-state index contributed by atoms with van der Waals surface area (Å²) in [4.78, 5) is 4.20. The van der Waals surface area contributed by atoms with Gasteiger partial charge in [0.15, 0.2) is 0 Å². The molecular formula is C13H8Cl2FN3. The second-order valence-electron chi connectivity index (χ2n) is 4.03. The Hall–Kier alpha value is -1.78. The van der Waals surface area contributed by atoms with E-state index in [1.807, 2.05) is 0 Å². The molecule has 0 aliphatic carbocycles. The van der Waals surface area contributed by atoms with E-state index in [1.54, 1.807) is 22.8 Å². The highest BCUT2D eigenvalue weighted by atomic mass is 35.5. The van der Waals surface area contributed by atoms with Crippen molar-refractivity contribution >= 4 is 40.2 Å². The SMILES string of the molecule is Nc1nc2ccc(Cl)cc2n1-c1cc(F)ccc1Cl. The van der Waals surface area contributed by atoms with E-state index in [2.05, 4.69) is 4.98 Å². The van der Waals surface area contributed by atoms with E-state index in [0.717, 1.165) is 0 Å². The Morgan fingerprint density at radius 3 is 2.68 bits per heavy atom. The number of nitrogen functional groups attached to an aromatic ring is 1. The van der Waals surface area contributed by atoms with Crippen molar-refractivity contribution in [1.29, 1.82) is 0 Å². The second-order valence-corrected chi connectivity index (χ2v) is 4.88. The fraction of sp³-hybridized carbons (Fsp3) is 0. The van der Waals surface area contributed by atoms with E-state index < -0.39 is 5.82 Å². The summed E-state index contributed by atoms with van der Waals surface area (Å²) >= 11 is 12.1. The monoisotopic (exact) mass is 295 g/mol. The van der Waals surface area contributed by atoms with Gasteiger partial charge >= 0.3 is 0 Å². The minimum absolute atomic E-state index is 0.227. The molecule has 3 aromatic rings. The molecule has 6 heteroatoms. The number of benzene rings is 2. The molecule has 1 aromatic heterocycles. The molecule has 3 rings (SSSR count). The number of halogens is 3. The molecule has 0 fully saturated rings. The maximum Gasteiger partial charge on any atom is 0.205 e. The molecule has 0 radical (unpaired) electrons. The van der Waals surface area contributed by atoms with Gasteiger partial charge in [0.2, 0.25) is 5.95 Å². The second kappa shape index (κ2) is 4.40. The fourth-order valence-corrected chi connectivity index (χ4v) is 2.35. The highest BCUT2D eigenvalue weighted by molar-refractivity contribution is 6.32. The number of hydrogen-bond donors (Lipinski definition) is 1. The number of aromatic nitrogens is 2. The molecule has 0 atom stereocenters. The van der Waals surface area contributed by atoms with Crippen molar-refractivity contribution in [2.75, 3.05) is 5.73 Å². The average molecular weight is 296 g/mol. The van der Waals surface area contributed by atoms with Crippen LogP contribution in [-0.2, 0) is 0 Å². The topological polar surface area (TPSA) is 43.8 Å². The highest BCUT2D eigenvalue weighted by Gasteiger charge is 2.13. The van der Waals surface area contributed by atoms with Crippen molar-refractivity contribution in [2.24, 2.45) is 0 Å². The van der Waals surface area contributed by atoms with E-state index >= 15 is 0 Å². The number of imidazole rings is 1. The van der Waals surface area contributed by atoms with E-state index in [-0.39, 0.29) is 5.95 Å². The zero-order valence-electron chi connectivity index (χ0n) is 9.57. The molecule has 0 bridgehead atoms. The molecule has 0 amide bonds. The molecule has 0 unspecified atom stereocenters. The van der Waals surface area contributed by atoms with Gasteiger partial charge in [-0.1, -0.05) is 23.2 Å². The summed E-state index contributed by atoms with van der Waals surface area (Å²) < 4.78 is 15.0. The summed E-state index contributed by atoms with van der Waals surface area (Å²) in [5.74, 6) is -0.174. The van der Waals surface area contributed by atoms with Crippen molar-refractivity contribution in [3.8, 4) is 5.69 Å². The minimum Gasteiger partial charge on any atom is -0.369 e. The van der Waals surface area contributed by atoms with Gasteiger partial charge in [-0.3, -0.25) is 4.57 Å². The zero-order valence-corrected chi connectivity index (χ0v) is 11.1. The minimum atomic E-state index is -0.400. The molecule has 0 saturated heterocycles. The van der Waals surface area contributed by atoms with Crippen molar-refractivity contribution in [3.63, 3.8) is 0 Å². The smallest absolute Gasteiger partial charge is 0.205 e. The maximum atomic E-state index is 13.4. The summed E-state index contributed by atoms with van der Waals surface area (Å²) in [5.41, 5.74) is 7.66. The first-order valence-corrected chi connectivity index (χ1v) is 6.21. The van der Waals surface area contributed by atoms with E-state index in [9.17, 15) is 4.39 Å². The molecule has 3 nitrogen and oxygen atoms in total. The van der Waals surface area contributed by atoms with Crippen LogP contribution in [0.2, 0.25) is 10.0 Å². The van der Waals surface area contributed by atoms with Crippen LogP contribution < -0.4 is 5.73 Å². The Morgan fingerprint density at radius 1 is 1.11 bits per heavy atom. The predicted molar refractivity (Wildman–Crippen MR) is 75.5 cm³/mol. The van der Waals surface area contributed by atoms with E-state index in [4.69, 9.17) is 28.9 Å². The van der Waals surface area contributed by atoms with Gasteiger partial charge in [-0.25, -0.2) is 9.37 Å². The Bertz CT molecular complexity index is 783. The van der Waals surface area contributed by atoms with Gasteiger partial charge in [0, 0.05) is 5.02 Å². The van der Waals surface area contributed by atoms with Gasteiger partial charge in [-0.05, 0) is 36.4 Å². The molecule has 96 valence electrons. The van der Waals surface area contributed by atoms with Gasteiger partial charge in [0.05, 0.1) is 21.7 Å². The van der Waals surface area contributed by atoms with Gasteiger partial charge in [-0.2, -0.15) is 0 Å².